The van der Waals surface area contributed by atoms with Crippen molar-refractivity contribution in [2.45, 2.75) is 96.4 Å². The summed E-state index contributed by atoms with van der Waals surface area (Å²) in [6.45, 7) is 3.98. The van der Waals surface area contributed by atoms with E-state index in [9.17, 15) is 13.2 Å². The Balaban J connectivity index is 3.68. The Morgan fingerprint density at radius 3 is 1.74 bits per heavy atom. The summed E-state index contributed by atoms with van der Waals surface area (Å²) in [6, 6.07) is -0.660. The van der Waals surface area contributed by atoms with E-state index in [0.717, 1.165) is 12.8 Å². The van der Waals surface area contributed by atoms with Gasteiger partial charge >= 0.3 is 6.03 Å². The van der Waals surface area contributed by atoms with Crippen LogP contribution >= 0.6 is 0 Å². The van der Waals surface area contributed by atoms with Gasteiger partial charge in [0, 0.05) is 0 Å². The van der Waals surface area contributed by atoms with Crippen molar-refractivity contribution in [3.8, 4) is 0 Å². The van der Waals surface area contributed by atoms with Gasteiger partial charge in [0.15, 0.2) is 0 Å². The molecular weight excluding hydrogens is 312 g/mol. The highest BCUT2D eigenvalue weighted by molar-refractivity contribution is 7.72. The van der Waals surface area contributed by atoms with Gasteiger partial charge in [-0.1, -0.05) is 77.6 Å². The van der Waals surface area contributed by atoms with E-state index in [0.29, 0.717) is 6.42 Å². The standard InChI is InChI=1S/C17H36N2O3S/c1-3-4-5-6-7-8-9-10-11-12-13-14-17(2,15-23(21)22)19-16(18)20/h23H,3-15H2,1-2H3,(H3,18,19,20). The van der Waals surface area contributed by atoms with E-state index in [1.807, 2.05) is 0 Å². The maximum atomic E-state index is 11.0. The lowest BCUT2D eigenvalue weighted by atomic mass is 9.95. The van der Waals surface area contributed by atoms with Crippen LogP contribution in [0, 0.1) is 0 Å². The van der Waals surface area contributed by atoms with Crippen molar-refractivity contribution in [1.29, 1.82) is 0 Å². The Labute approximate surface area is 143 Å². The molecule has 0 aliphatic carbocycles. The van der Waals surface area contributed by atoms with E-state index in [4.69, 9.17) is 5.73 Å². The van der Waals surface area contributed by atoms with Crippen LogP contribution in [0.25, 0.3) is 0 Å². The zero-order chi connectivity index (χ0) is 17.6. The molecule has 23 heavy (non-hydrogen) atoms. The third-order valence-electron chi connectivity index (χ3n) is 4.24. The Bertz CT molecular complexity index is 378. The lowest BCUT2D eigenvalue weighted by Crippen LogP contribution is -2.51. The van der Waals surface area contributed by atoms with Gasteiger partial charge in [-0.25, -0.2) is 13.2 Å². The van der Waals surface area contributed by atoms with Gasteiger partial charge in [0.2, 0.25) is 0 Å². The largest absolute Gasteiger partial charge is 0.352 e. The molecule has 2 amide bonds. The van der Waals surface area contributed by atoms with E-state index in [2.05, 4.69) is 12.2 Å². The number of urea groups is 1. The first-order valence-electron chi connectivity index (χ1n) is 9.09. The Kier molecular flexibility index (Phi) is 13.2. The van der Waals surface area contributed by atoms with Crippen molar-refractivity contribution in [1.82, 2.24) is 5.32 Å². The van der Waals surface area contributed by atoms with Gasteiger partial charge in [0.05, 0.1) is 11.3 Å². The average molecular weight is 349 g/mol. The van der Waals surface area contributed by atoms with Crippen molar-refractivity contribution in [2.75, 3.05) is 5.75 Å². The second-order valence-electron chi connectivity index (χ2n) is 6.83. The van der Waals surface area contributed by atoms with Gasteiger partial charge in [0.1, 0.15) is 10.7 Å². The summed E-state index contributed by atoms with van der Waals surface area (Å²) in [5.41, 5.74) is 4.40. The Morgan fingerprint density at radius 1 is 0.913 bits per heavy atom. The number of hydrogen-bond donors (Lipinski definition) is 3. The first-order chi connectivity index (χ1) is 10.9. The number of nitrogens with one attached hydrogen (secondary N) is 1. The first kappa shape index (κ1) is 22.2. The van der Waals surface area contributed by atoms with Crippen LogP contribution in [0.15, 0.2) is 0 Å². The third kappa shape index (κ3) is 14.5. The molecule has 138 valence electrons. The molecule has 0 aromatic heterocycles. The van der Waals surface area contributed by atoms with Crippen LogP contribution < -0.4 is 11.1 Å². The van der Waals surface area contributed by atoms with Crippen LogP contribution in [-0.4, -0.2) is 25.7 Å². The molecule has 0 rings (SSSR count). The number of carbonyl (C=O) groups excluding carboxylic acids is 1. The molecule has 6 heteroatoms. The van der Waals surface area contributed by atoms with Gasteiger partial charge in [-0.15, -0.1) is 0 Å². The van der Waals surface area contributed by atoms with Gasteiger partial charge in [-0.3, -0.25) is 0 Å². The minimum atomic E-state index is -2.53. The molecule has 0 aliphatic heterocycles. The predicted molar refractivity (Wildman–Crippen MR) is 97.4 cm³/mol. The molecular formula is C17H36N2O3S. The number of rotatable bonds is 15. The maximum absolute atomic E-state index is 11.0. The smallest absolute Gasteiger partial charge is 0.312 e. The van der Waals surface area contributed by atoms with Crippen LogP contribution in [-0.2, 0) is 10.7 Å². The molecule has 0 fully saturated rings. The second kappa shape index (κ2) is 13.6. The fraction of sp³-hybridized carbons (Fsp3) is 0.941. The molecule has 3 N–H and O–H groups in total. The number of unbranched alkanes of at least 4 members (excludes halogenated alkanes) is 10. The summed E-state index contributed by atoms with van der Waals surface area (Å²) in [7, 11) is -2.53. The molecule has 0 saturated carbocycles. The zero-order valence-electron chi connectivity index (χ0n) is 14.9. The lowest BCUT2D eigenvalue weighted by Gasteiger charge is -2.27. The maximum Gasteiger partial charge on any atom is 0.312 e. The van der Waals surface area contributed by atoms with Crippen molar-refractivity contribution < 1.29 is 13.2 Å². The molecule has 1 unspecified atom stereocenters. The van der Waals surface area contributed by atoms with E-state index >= 15 is 0 Å². The van der Waals surface area contributed by atoms with E-state index < -0.39 is 22.3 Å². The van der Waals surface area contributed by atoms with Crippen LogP contribution in [0.5, 0.6) is 0 Å². The summed E-state index contributed by atoms with van der Waals surface area (Å²) in [6.07, 6.45) is 14.4. The van der Waals surface area contributed by atoms with Crippen LogP contribution in [0.4, 0.5) is 4.79 Å². The lowest BCUT2D eigenvalue weighted by molar-refractivity contribution is 0.236. The number of hydrogen-bond acceptors (Lipinski definition) is 3. The highest BCUT2D eigenvalue weighted by Gasteiger charge is 2.26. The summed E-state index contributed by atoms with van der Waals surface area (Å²) in [4.78, 5) is 11.0. The Hall–Kier alpha value is -0.780. The fourth-order valence-electron chi connectivity index (χ4n) is 2.94. The molecule has 0 saturated heterocycles. The molecule has 0 spiro atoms. The number of thiol groups is 1. The van der Waals surface area contributed by atoms with Crippen LogP contribution in [0.3, 0.4) is 0 Å². The average Bonchev–Trinajstić information content (AvgIpc) is 2.43. The SMILES string of the molecule is CCCCCCCCCCCCCC(C)(C[SH](=O)=O)NC(N)=O. The van der Waals surface area contributed by atoms with E-state index in [-0.39, 0.29) is 5.75 Å². The molecule has 0 aromatic rings. The number of nitrogens with two attached hydrogens (primary N) is 1. The highest BCUT2D eigenvalue weighted by atomic mass is 32.2. The predicted octanol–water partition coefficient (Wildman–Crippen LogP) is 3.73. The van der Waals surface area contributed by atoms with Gasteiger partial charge in [-0.05, 0) is 13.3 Å². The molecule has 0 aromatic carbocycles. The molecule has 0 heterocycles. The molecule has 5 nitrogen and oxygen atoms in total. The second-order valence-corrected chi connectivity index (χ2v) is 7.81. The van der Waals surface area contributed by atoms with Gasteiger partial charge in [0.25, 0.3) is 0 Å². The molecule has 1 atom stereocenters. The first-order valence-corrected chi connectivity index (χ1v) is 10.5. The monoisotopic (exact) mass is 348 g/mol. The number of primary amides is 1. The van der Waals surface area contributed by atoms with Crippen LogP contribution in [0.1, 0.15) is 90.9 Å². The minimum Gasteiger partial charge on any atom is -0.352 e. The molecule has 0 radical (unpaired) electrons. The van der Waals surface area contributed by atoms with Gasteiger partial charge in [-0.2, -0.15) is 0 Å². The minimum absolute atomic E-state index is 0.0525. The fourth-order valence-corrected chi connectivity index (χ4v) is 3.75. The normalized spacial score (nSPS) is 13.9. The van der Waals surface area contributed by atoms with E-state index in [1.54, 1.807) is 6.92 Å². The van der Waals surface area contributed by atoms with Gasteiger partial charge < -0.3 is 11.1 Å². The summed E-state index contributed by atoms with van der Waals surface area (Å²) in [5.74, 6) is -0.0525. The Morgan fingerprint density at radius 2 is 1.35 bits per heavy atom. The number of amides is 2. The summed E-state index contributed by atoms with van der Waals surface area (Å²) in [5, 5.41) is 2.58. The molecule has 0 aliphatic rings. The summed E-state index contributed by atoms with van der Waals surface area (Å²) < 4.78 is 21.9. The quantitative estimate of drug-likeness (QED) is 0.311. The summed E-state index contributed by atoms with van der Waals surface area (Å²) >= 11 is 0. The zero-order valence-corrected chi connectivity index (χ0v) is 15.8. The van der Waals surface area contributed by atoms with E-state index in [1.165, 1.54) is 57.8 Å². The number of carbonyl (C=O) groups is 1. The van der Waals surface area contributed by atoms with Crippen molar-refractivity contribution in [3.63, 3.8) is 0 Å². The van der Waals surface area contributed by atoms with Crippen molar-refractivity contribution in [2.24, 2.45) is 5.73 Å². The van der Waals surface area contributed by atoms with Crippen molar-refractivity contribution in [3.05, 3.63) is 0 Å². The molecule has 0 bridgehead atoms. The van der Waals surface area contributed by atoms with Crippen molar-refractivity contribution >= 4 is 16.7 Å². The van der Waals surface area contributed by atoms with Crippen LogP contribution in [0.2, 0.25) is 0 Å². The highest BCUT2D eigenvalue weighted by Crippen LogP contribution is 2.17. The topological polar surface area (TPSA) is 89.3 Å². The third-order valence-corrected chi connectivity index (χ3v) is 5.19.